The Hall–Kier alpha value is -1.59. The molecule has 1 aromatic carbocycles. The summed E-state index contributed by atoms with van der Waals surface area (Å²) >= 11 is 0. The molecule has 24 heavy (non-hydrogen) atoms. The van der Waals surface area contributed by atoms with E-state index in [1.165, 1.54) is 18.4 Å². The lowest BCUT2D eigenvalue weighted by molar-refractivity contribution is 0.172. The third kappa shape index (κ3) is 4.71. The summed E-state index contributed by atoms with van der Waals surface area (Å²) in [6.07, 6.45) is 3.91. The smallest absolute Gasteiger partial charge is 0.315 e. The van der Waals surface area contributed by atoms with Crippen LogP contribution in [-0.4, -0.2) is 47.3 Å². The average Bonchev–Trinajstić information content (AvgIpc) is 3.19. The molecular formula is C19H29N3O2. The van der Waals surface area contributed by atoms with Crippen LogP contribution < -0.4 is 10.6 Å². The molecule has 3 N–H and O–H groups in total. The Balaban J connectivity index is 1.44. The Labute approximate surface area is 144 Å². The number of nitrogens with zero attached hydrogens (tertiary/aromatic N) is 1. The van der Waals surface area contributed by atoms with Gasteiger partial charge in [-0.2, -0.15) is 0 Å². The summed E-state index contributed by atoms with van der Waals surface area (Å²) in [4.78, 5) is 14.3. The highest BCUT2D eigenvalue weighted by atomic mass is 16.3. The quantitative estimate of drug-likeness (QED) is 0.717. The van der Waals surface area contributed by atoms with Crippen molar-refractivity contribution >= 4 is 6.03 Å². The zero-order chi connectivity index (χ0) is 16.9. The normalized spacial score (nSPS) is 29.4. The number of nitrogens with one attached hydrogen (secondary N) is 2. The van der Waals surface area contributed by atoms with Crippen LogP contribution in [0, 0.1) is 5.92 Å². The fourth-order valence-corrected chi connectivity index (χ4v) is 3.73. The monoisotopic (exact) mass is 331 g/mol. The van der Waals surface area contributed by atoms with Gasteiger partial charge in [-0.3, -0.25) is 4.90 Å². The van der Waals surface area contributed by atoms with Gasteiger partial charge in [0.1, 0.15) is 0 Å². The molecule has 2 amide bonds. The van der Waals surface area contributed by atoms with Crippen LogP contribution in [0.2, 0.25) is 0 Å². The molecule has 3 rings (SSSR count). The lowest BCUT2D eigenvalue weighted by atomic mass is 10.1. The number of benzene rings is 1. The van der Waals surface area contributed by atoms with Gasteiger partial charge < -0.3 is 15.7 Å². The van der Waals surface area contributed by atoms with E-state index in [-0.39, 0.29) is 18.2 Å². The average molecular weight is 331 g/mol. The van der Waals surface area contributed by atoms with E-state index in [4.69, 9.17) is 0 Å². The molecule has 1 aromatic rings. The highest BCUT2D eigenvalue weighted by molar-refractivity contribution is 5.74. The molecule has 4 unspecified atom stereocenters. The maximum atomic E-state index is 12.0. The molecule has 0 spiro atoms. The number of carbonyl (C=O) groups is 1. The summed E-state index contributed by atoms with van der Waals surface area (Å²) in [7, 11) is 0. The molecule has 4 atom stereocenters. The second-order valence-corrected chi connectivity index (χ2v) is 7.20. The van der Waals surface area contributed by atoms with Gasteiger partial charge in [0.05, 0.1) is 6.10 Å². The van der Waals surface area contributed by atoms with Crippen LogP contribution in [0.1, 0.15) is 38.2 Å². The number of aliphatic hydroxyl groups is 1. The highest BCUT2D eigenvalue weighted by Gasteiger charge is 2.37. The van der Waals surface area contributed by atoms with Gasteiger partial charge in [0, 0.05) is 31.7 Å². The molecule has 2 aliphatic rings. The first-order valence-corrected chi connectivity index (χ1v) is 9.16. The summed E-state index contributed by atoms with van der Waals surface area (Å²) in [6, 6.07) is 10.8. The van der Waals surface area contributed by atoms with Crippen LogP contribution in [-0.2, 0) is 6.54 Å². The van der Waals surface area contributed by atoms with Crippen LogP contribution in [0.15, 0.2) is 30.3 Å². The summed E-state index contributed by atoms with van der Waals surface area (Å²) in [6.45, 7) is 4.25. The Morgan fingerprint density at radius 3 is 2.83 bits per heavy atom. The lowest BCUT2D eigenvalue weighted by Gasteiger charge is -2.24. The Kier molecular flexibility index (Phi) is 5.74. The number of aliphatic hydroxyl groups excluding tert-OH is 1. The van der Waals surface area contributed by atoms with Crippen LogP contribution in [0.4, 0.5) is 4.79 Å². The Morgan fingerprint density at radius 2 is 2.08 bits per heavy atom. The predicted octanol–water partition coefficient (Wildman–Crippen LogP) is 2.11. The number of carbonyl (C=O) groups excluding carboxylic acids is 1. The number of β-amino-alcohol motifs (C(OH)–C–C–N with tert-alkyl or cyclic N) is 1. The molecule has 1 saturated carbocycles. The van der Waals surface area contributed by atoms with Crippen LogP contribution in [0.3, 0.4) is 0 Å². The number of amides is 2. The first-order valence-electron chi connectivity index (χ1n) is 9.16. The van der Waals surface area contributed by atoms with E-state index in [2.05, 4.69) is 34.6 Å². The third-order valence-electron chi connectivity index (χ3n) is 5.13. The summed E-state index contributed by atoms with van der Waals surface area (Å²) in [5, 5.41) is 16.0. The van der Waals surface area contributed by atoms with Crippen LogP contribution >= 0.6 is 0 Å². The zero-order valence-electron chi connectivity index (χ0n) is 14.4. The maximum absolute atomic E-state index is 12.0. The second kappa shape index (κ2) is 7.99. The van der Waals surface area contributed by atoms with Crippen LogP contribution in [0.5, 0.6) is 0 Å². The van der Waals surface area contributed by atoms with Crippen molar-refractivity contribution in [2.45, 2.75) is 57.3 Å². The van der Waals surface area contributed by atoms with Gasteiger partial charge in [-0.25, -0.2) is 4.79 Å². The second-order valence-electron chi connectivity index (χ2n) is 7.20. The number of urea groups is 1. The van der Waals surface area contributed by atoms with Gasteiger partial charge in [0.2, 0.25) is 0 Å². The van der Waals surface area contributed by atoms with Crippen molar-refractivity contribution in [3.8, 4) is 0 Å². The lowest BCUT2D eigenvalue weighted by Crippen LogP contribution is -2.44. The van der Waals surface area contributed by atoms with Crippen molar-refractivity contribution in [3.63, 3.8) is 0 Å². The maximum Gasteiger partial charge on any atom is 0.315 e. The Bertz CT molecular complexity index is 537. The van der Waals surface area contributed by atoms with Crippen LogP contribution in [0.25, 0.3) is 0 Å². The standard InChI is InChI=1S/C19H29N3O2/c1-2-6-15-9-18(15)21-19(24)20-11-16-10-17(23)13-22(16)12-14-7-4-3-5-8-14/h3-5,7-8,15-18,23H,2,6,9-13H2,1H3,(H2,20,21,24). The first-order chi connectivity index (χ1) is 11.7. The number of hydrogen-bond acceptors (Lipinski definition) is 3. The Morgan fingerprint density at radius 1 is 1.29 bits per heavy atom. The van der Waals surface area contributed by atoms with E-state index < -0.39 is 0 Å². The van der Waals surface area contributed by atoms with Crippen molar-refractivity contribution in [3.05, 3.63) is 35.9 Å². The van der Waals surface area contributed by atoms with Crippen molar-refractivity contribution < 1.29 is 9.90 Å². The van der Waals surface area contributed by atoms with Gasteiger partial charge in [-0.15, -0.1) is 0 Å². The largest absolute Gasteiger partial charge is 0.392 e. The summed E-state index contributed by atoms with van der Waals surface area (Å²) in [5.74, 6) is 0.670. The molecule has 2 fully saturated rings. The first kappa shape index (κ1) is 17.2. The van der Waals surface area contributed by atoms with E-state index in [9.17, 15) is 9.90 Å². The van der Waals surface area contributed by atoms with E-state index in [1.807, 2.05) is 18.2 Å². The SMILES string of the molecule is CCCC1CC1NC(=O)NCC1CC(O)CN1Cc1ccccc1. The van der Waals surface area contributed by atoms with Crippen molar-refractivity contribution in [2.75, 3.05) is 13.1 Å². The minimum absolute atomic E-state index is 0.0698. The number of likely N-dealkylation sites (tertiary alicyclic amines) is 1. The molecule has 0 aromatic heterocycles. The van der Waals surface area contributed by atoms with Gasteiger partial charge >= 0.3 is 6.03 Å². The minimum atomic E-state index is -0.305. The molecule has 1 saturated heterocycles. The molecule has 0 bridgehead atoms. The van der Waals surface area contributed by atoms with Gasteiger partial charge in [0.25, 0.3) is 0 Å². The van der Waals surface area contributed by atoms with Gasteiger partial charge in [0.15, 0.2) is 0 Å². The molecule has 132 valence electrons. The highest BCUT2D eigenvalue weighted by Crippen LogP contribution is 2.34. The molecule has 1 aliphatic carbocycles. The molecule has 5 heteroatoms. The number of hydrogen-bond donors (Lipinski definition) is 3. The van der Waals surface area contributed by atoms with Gasteiger partial charge in [-0.1, -0.05) is 43.7 Å². The molecule has 1 aliphatic heterocycles. The molecule has 5 nitrogen and oxygen atoms in total. The topological polar surface area (TPSA) is 64.6 Å². The molecular weight excluding hydrogens is 302 g/mol. The number of rotatable bonds is 7. The van der Waals surface area contributed by atoms with E-state index in [1.54, 1.807) is 0 Å². The fourth-order valence-electron chi connectivity index (χ4n) is 3.73. The fraction of sp³-hybridized carbons (Fsp3) is 0.632. The zero-order valence-corrected chi connectivity index (χ0v) is 14.4. The molecule has 0 radical (unpaired) electrons. The minimum Gasteiger partial charge on any atom is -0.392 e. The van der Waals surface area contributed by atoms with Crippen molar-refractivity contribution in [2.24, 2.45) is 5.92 Å². The van der Waals surface area contributed by atoms with E-state index in [0.717, 1.165) is 19.4 Å². The van der Waals surface area contributed by atoms with E-state index >= 15 is 0 Å². The third-order valence-corrected chi connectivity index (χ3v) is 5.13. The predicted molar refractivity (Wildman–Crippen MR) is 94.6 cm³/mol. The summed E-state index contributed by atoms with van der Waals surface area (Å²) < 4.78 is 0. The van der Waals surface area contributed by atoms with Gasteiger partial charge in [-0.05, 0) is 30.7 Å². The molecule has 1 heterocycles. The summed E-state index contributed by atoms with van der Waals surface area (Å²) in [5.41, 5.74) is 1.24. The van der Waals surface area contributed by atoms with E-state index in [0.29, 0.717) is 25.0 Å². The van der Waals surface area contributed by atoms with Crippen molar-refractivity contribution in [1.29, 1.82) is 0 Å². The van der Waals surface area contributed by atoms with Crippen molar-refractivity contribution in [1.82, 2.24) is 15.5 Å².